The molecule has 0 aromatic heterocycles. The number of carbonyl (C=O) groups excluding carboxylic acids is 2. The summed E-state index contributed by atoms with van der Waals surface area (Å²) in [5.41, 5.74) is 2.04. The lowest BCUT2D eigenvalue weighted by Crippen LogP contribution is -2.49. The van der Waals surface area contributed by atoms with Gasteiger partial charge in [-0.05, 0) is 63.2 Å². The van der Waals surface area contributed by atoms with Crippen molar-refractivity contribution in [3.63, 3.8) is 0 Å². The largest absolute Gasteiger partial charge is 0.497 e. The van der Waals surface area contributed by atoms with Crippen LogP contribution < -0.4 is 14.8 Å². The van der Waals surface area contributed by atoms with E-state index in [2.05, 4.69) is 42.0 Å². The van der Waals surface area contributed by atoms with E-state index in [1.165, 1.54) is 0 Å². The Morgan fingerprint density at radius 3 is 2.44 bits per heavy atom. The summed E-state index contributed by atoms with van der Waals surface area (Å²) >= 11 is 3.55. The summed E-state index contributed by atoms with van der Waals surface area (Å²) in [6, 6.07) is 12.7. The molecule has 0 radical (unpaired) electrons. The Bertz CT molecular complexity index is 940. The van der Waals surface area contributed by atoms with Gasteiger partial charge in [0, 0.05) is 13.6 Å². The van der Waals surface area contributed by atoms with Gasteiger partial charge in [-0.25, -0.2) is 0 Å². The van der Waals surface area contributed by atoms with Gasteiger partial charge < -0.3 is 19.7 Å². The minimum Gasteiger partial charge on any atom is -0.497 e. The summed E-state index contributed by atoms with van der Waals surface area (Å²) in [7, 11) is 3.17. The van der Waals surface area contributed by atoms with Crippen molar-refractivity contribution in [3.8, 4) is 11.5 Å². The van der Waals surface area contributed by atoms with Crippen LogP contribution in [0.4, 0.5) is 0 Å². The number of ether oxygens (including phenoxy) is 2. The number of amides is 2. The molecular formula is C25H33BrN2O4. The van der Waals surface area contributed by atoms with Gasteiger partial charge >= 0.3 is 0 Å². The van der Waals surface area contributed by atoms with Crippen molar-refractivity contribution in [1.29, 1.82) is 0 Å². The molecule has 0 spiro atoms. The third-order valence-electron chi connectivity index (χ3n) is 5.27. The first kappa shape index (κ1) is 25.7. The fraction of sp³-hybridized carbons (Fsp3) is 0.440. The molecule has 0 bridgehead atoms. The molecule has 0 saturated heterocycles. The second-order valence-corrected chi connectivity index (χ2v) is 9.45. The minimum atomic E-state index is -0.603. The summed E-state index contributed by atoms with van der Waals surface area (Å²) in [4.78, 5) is 27.3. The first-order chi connectivity index (χ1) is 15.1. The highest BCUT2D eigenvalue weighted by Gasteiger charge is 2.28. The maximum atomic E-state index is 13.2. The van der Waals surface area contributed by atoms with E-state index >= 15 is 0 Å². The molecule has 2 amide bonds. The van der Waals surface area contributed by atoms with Crippen molar-refractivity contribution in [2.24, 2.45) is 0 Å². The van der Waals surface area contributed by atoms with Gasteiger partial charge in [-0.3, -0.25) is 9.59 Å². The predicted molar refractivity (Wildman–Crippen MR) is 130 cm³/mol. The number of nitrogens with zero attached hydrogens (tertiary/aromatic N) is 1. The number of hydrogen-bond acceptors (Lipinski definition) is 4. The summed E-state index contributed by atoms with van der Waals surface area (Å²) in [5.74, 6) is 0.803. The molecule has 0 aliphatic rings. The minimum absolute atomic E-state index is 0.00622. The highest BCUT2D eigenvalue weighted by Crippen LogP contribution is 2.31. The molecule has 6 nitrogen and oxygen atoms in total. The lowest BCUT2D eigenvalue weighted by atomic mass is 9.87. The highest BCUT2D eigenvalue weighted by atomic mass is 79.9. The fourth-order valence-electron chi connectivity index (χ4n) is 3.36. The molecule has 1 unspecified atom stereocenters. The molecule has 2 rings (SSSR count). The van der Waals surface area contributed by atoms with Crippen LogP contribution in [0.1, 0.15) is 45.2 Å². The van der Waals surface area contributed by atoms with E-state index < -0.39 is 6.04 Å². The van der Waals surface area contributed by atoms with Crippen LogP contribution in [0.15, 0.2) is 46.9 Å². The van der Waals surface area contributed by atoms with Gasteiger partial charge in [0.1, 0.15) is 17.5 Å². The van der Waals surface area contributed by atoms with E-state index in [4.69, 9.17) is 9.47 Å². The molecule has 174 valence electrons. The molecule has 1 N–H and O–H groups in total. The number of rotatable bonds is 9. The van der Waals surface area contributed by atoms with E-state index in [-0.39, 0.29) is 30.4 Å². The molecule has 0 aliphatic heterocycles. The number of carbonyl (C=O) groups is 2. The highest BCUT2D eigenvalue weighted by molar-refractivity contribution is 9.10. The molecule has 0 heterocycles. The third-order valence-corrected chi connectivity index (χ3v) is 5.89. The van der Waals surface area contributed by atoms with Gasteiger partial charge in [-0.1, -0.05) is 45.9 Å². The first-order valence-electron chi connectivity index (χ1n) is 10.7. The van der Waals surface area contributed by atoms with Gasteiger partial charge in [0.05, 0.1) is 11.6 Å². The number of likely N-dealkylation sites (N-methyl/N-ethyl adjacent to an activating group) is 1. The standard InChI is InChI=1S/C25H33BrN2O4/c1-7-21(24(30)27-5)28(15-17-9-8-10-19(13-17)31-6)23(29)16-32-22-12-11-18(14-20(22)26)25(2,3)4/h8-14,21H,7,15-16H2,1-6H3,(H,27,30). The van der Waals surface area contributed by atoms with Crippen molar-refractivity contribution < 1.29 is 19.1 Å². The van der Waals surface area contributed by atoms with Crippen LogP contribution in [0, 0.1) is 0 Å². The Kier molecular flexibility index (Phi) is 9.13. The second kappa shape index (κ2) is 11.4. The molecule has 2 aromatic carbocycles. The summed E-state index contributed by atoms with van der Waals surface area (Å²) in [6.45, 7) is 8.39. The average molecular weight is 505 g/mol. The molecule has 32 heavy (non-hydrogen) atoms. The lowest BCUT2D eigenvalue weighted by molar-refractivity contribution is -0.142. The zero-order valence-electron chi connectivity index (χ0n) is 19.7. The van der Waals surface area contributed by atoms with Crippen LogP contribution in [0.25, 0.3) is 0 Å². The van der Waals surface area contributed by atoms with Gasteiger partial charge in [-0.2, -0.15) is 0 Å². The second-order valence-electron chi connectivity index (χ2n) is 8.60. The van der Waals surface area contributed by atoms with E-state index in [0.29, 0.717) is 17.9 Å². The molecule has 0 fully saturated rings. The summed E-state index contributed by atoms with van der Waals surface area (Å²) in [6.07, 6.45) is 0.485. The Balaban J connectivity index is 2.23. The maximum absolute atomic E-state index is 13.2. The molecular weight excluding hydrogens is 472 g/mol. The van der Waals surface area contributed by atoms with Gasteiger partial charge in [0.15, 0.2) is 6.61 Å². The Labute approximate surface area is 199 Å². The number of methoxy groups -OCH3 is 1. The SMILES string of the molecule is CCC(C(=O)NC)N(Cc1cccc(OC)c1)C(=O)COc1ccc(C(C)(C)C)cc1Br. The molecule has 0 saturated carbocycles. The maximum Gasteiger partial charge on any atom is 0.261 e. The van der Waals surface area contributed by atoms with Crippen LogP contribution in [-0.2, 0) is 21.5 Å². The van der Waals surface area contributed by atoms with Crippen LogP contribution in [0.3, 0.4) is 0 Å². The van der Waals surface area contributed by atoms with Crippen LogP contribution in [0.5, 0.6) is 11.5 Å². The molecule has 2 aromatic rings. The topological polar surface area (TPSA) is 67.9 Å². The Hall–Kier alpha value is -2.54. The molecule has 1 atom stereocenters. The first-order valence-corrected chi connectivity index (χ1v) is 11.5. The number of nitrogens with one attached hydrogen (secondary N) is 1. The van der Waals surface area contributed by atoms with Crippen molar-refractivity contribution in [2.75, 3.05) is 20.8 Å². The summed E-state index contributed by atoms with van der Waals surface area (Å²) < 4.78 is 11.9. The lowest BCUT2D eigenvalue weighted by Gasteiger charge is -2.30. The van der Waals surface area contributed by atoms with Crippen LogP contribution >= 0.6 is 15.9 Å². The zero-order chi connectivity index (χ0) is 23.9. The van der Waals surface area contributed by atoms with E-state index in [0.717, 1.165) is 15.6 Å². The van der Waals surface area contributed by atoms with Crippen molar-refractivity contribution in [2.45, 2.75) is 52.1 Å². The van der Waals surface area contributed by atoms with E-state index in [1.807, 2.05) is 49.4 Å². The number of halogens is 1. The fourth-order valence-corrected chi connectivity index (χ4v) is 3.85. The van der Waals surface area contributed by atoms with Gasteiger partial charge in [0.2, 0.25) is 5.91 Å². The van der Waals surface area contributed by atoms with E-state index in [9.17, 15) is 9.59 Å². The molecule has 0 aliphatic carbocycles. The van der Waals surface area contributed by atoms with E-state index in [1.54, 1.807) is 19.1 Å². The van der Waals surface area contributed by atoms with Crippen LogP contribution in [0.2, 0.25) is 0 Å². The predicted octanol–water partition coefficient (Wildman–Crippen LogP) is 4.69. The normalized spacial score (nSPS) is 12.1. The van der Waals surface area contributed by atoms with Crippen molar-refractivity contribution in [3.05, 3.63) is 58.1 Å². The van der Waals surface area contributed by atoms with Crippen molar-refractivity contribution >= 4 is 27.7 Å². The average Bonchev–Trinajstić information content (AvgIpc) is 2.77. The molecule has 7 heteroatoms. The Morgan fingerprint density at radius 2 is 1.88 bits per heavy atom. The Morgan fingerprint density at radius 1 is 1.16 bits per heavy atom. The smallest absolute Gasteiger partial charge is 0.261 e. The van der Waals surface area contributed by atoms with Crippen molar-refractivity contribution in [1.82, 2.24) is 10.2 Å². The third kappa shape index (κ3) is 6.73. The van der Waals surface area contributed by atoms with Gasteiger partial charge in [0.25, 0.3) is 5.91 Å². The summed E-state index contributed by atoms with van der Waals surface area (Å²) in [5, 5.41) is 2.66. The van der Waals surface area contributed by atoms with Gasteiger partial charge in [-0.15, -0.1) is 0 Å². The zero-order valence-corrected chi connectivity index (χ0v) is 21.3. The van der Waals surface area contributed by atoms with Crippen LogP contribution in [-0.4, -0.2) is 43.5 Å². The quantitative estimate of drug-likeness (QED) is 0.537. The number of benzene rings is 2. The monoisotopic (exact) mass is 504 g/mol. The number of hydrogen-bond donors (Lipinski definition) is 1.